The molecule has 0 saturated carbocycles. The van der Waals surface area contributed by atoms with Gasteiger partial charge in [-0.15, -0.1) is 0 Å². The van der Waals surface area contributed by atoms with Crippen molar-refractivity contribution in [2.75, 3.05) is 42.5 Å². The van der Waals surface area contributed by atoms with Gasteiger partial charge in [0.05, 0.1) is 0 Å². The van der Waals surface area contributed by atoms with E-state index < -0.39 is 0 Å². The molecule has 6 heteroatoms. The van der Waals surface area contributed by atoms with Crippen molar-refractivity contribution in [2.45, 2.75) is 20.8 Å². The van der Waals surface area contributed by atoms with Crippen molar-refractivity contribution in [1.29, 1.82) is 0 Å². The first-order chi connectivity index (χ1) is 13.3. The first kappa shape index (κ1) is 20.2. The Kier molecular flexibility index (Phi) is 6.25. The molecule has 0 unspecified atom stereocenters. The second-order valence-electron chi connectivity index (χ2n) is 7.24. The number of piperazine rings is 1. The molecule has 1 heterocycles. The number of halogens is 1. The fraction of sp³-hybridized carbons (Fsp3) is 0.364. The molecular weight excluding hydrogens is 374 g/mol. The summed E-state index contributed by atoms with van der Waals surface area (Å²) in [4.78, 5) is 30.7. The summed E-state index contributed by atoms with van der Waals surface area (Å²) in [6.45, 7) is 8.35. The summed E-state index contributed by atoms with van der Waals surface area (Å²) >= 11 is 6.10. The number of carbonyl (C=O) groups excluding carboxylic acids is 2. The minimum absolute atomic E-state index is 0.0287. The van der Waals surface area contributed by atoms with Gasteiger partial charge in [-0.2, -0.15) is 0 Å². The number of nitrogens with zero attached hydrogens (tertiary/aromatic N) is 3. The molecule has 148 valence electrons. The SMILES string of the molecule is CC(=O)N(CC(=O)N1CCN(c2cccc(C)c2)CC1)c1cc(Cl)ccc1C. The lowest BCUT2D eigenvalue weighted by molar-refractivity contribution is -0.131. The van der Waals surface area contributed by atoms with E-state index in [1.165, 1.54) is 23.1 Å². The molecule has 2 aromatic carbocycles. The summed E-state index contributed by atoms with van der Waals surface area (Å²) in [6, 6.07) is 13.8. The molecule has 0 atom stereocenters. The standard InChI is InChI=1S/C22H26ClN3O2/c1-16-5-4-6-20(13-16)24-9-11-25(12-10-24)22(28)15-26(18(3)27)21-14-19(23)8-7-17(21)2/h4-8,13-14H,9-12,15H2,1-3H3. The molecule has 1 saturated heterocycles. The number of hydrogen-bond donors (Lipinski definition) is 0. The van der Waals surface area contributed by atoms with E-state index in [2.05, 4.69) is 36.1 Å². The number of rotatable bonds is 4. The zero-order valence-electron chi connectivity index (χ0n) is 16.6. The summed E-state index contributed by atoms with van der Waals surface area (Å²) < 4.78 is 0. The van der Waals surface area contributed by atoms with E-state index in [4.69, 9.17) is 11.6 Å². The van der Waals surface area contributed by atoms with Gasteiger partial charge in [-0.05, 0) is 49.2 Å². The Balaban J connectivity index is 1.65. The Morgan fingerprint density at radius 3 is 2.39 bits per heavy atom. The number of benzene rings is 2. The Morgan fingerprint density at radius 1 is 1.04 bits per heavy atom. The Bertz CT molecular complexity index is 876. The van der Waals surface area contributed by atoms with Gasteiger partial charge in [0, 0.05) is 49.5 Å². The van der Waals surface area contributed by atoms with Gasteiger partial charge in [0.15, 0.2) is 0 Å². The van der Waals surface area contributed by atoms with Gasteiger partial charge in [0.25, 0.3) is 0 Å². The molecule has 0 radical (unpaired) electrons. The van der Waals surface area contributed by atoms with E-state index in [0.29, 0.717) is 23.8 Å². The van der Waals surface area contributed by atoms with Crippen LogP contribution in [0.15, 0.2) is 42.5 Å². The van der Waals surface area contributed by atoms with Crippen LogP contribution in [0.3, 0.4) is 0 Å². The molecule has 0 bridgehead atoms. The van der Waals surface area contributed by atoms with Crippen LogP contribution >= 0.6 is 11.6 Å². The smallest absolute Gasteiger partial charge is 0.242 e. The average molecular weight is 400 g/mol. The molecule has 5 nitrogen and oxygen atoms in total. The Morgan fingerprint density at radius 2 is 1.75 bits per heavy atom. The second-order valence-corrected chi connectivity index (χ2v) is 7.68. The van der Waals surface area contributed by atoms with Crippen LogP contribution in [0.2, 0.25) is 5.02 Å². The van der Waals surface area contributed by atoms with Crippen molar-refractivity contribution in [3.63, 3.8) is 0 Å². The number of hydrogen-bond acceptors (Lipinski definition) is 3. The van der Waals surface area contributed by atoms with Crippen LogP contribution in [0.1, 0.15) is 18.1 Å². The zero-order valence-corrected chi connectivity index (χ0v) is 17.4. The monoisotopic (exact) mass is 399 g/mol. The Labute approximate surface area is 171 Å². The van der Waals surface area contributed by atoms with Gasteiger partial charge >= 0.3 is 0 Å². The van der Waals surface area contributed by atoms with E-state index in [1.54, 1.807) is 12.1 Å². The second kappa shape index (κ2) is 8.65. The Hall–Kier alpha value is -2.53. The molecule has 2 amide bonds. The minimum Gasteiger partial charge on any atom is -0.368 e. The van der Waals surface area contributed by atoms with Gasteiger partial charge in [0.1, 0.15) is 6.54 Å². The third-order valence-corrected chi connectivity index (χ3v) is 5.37. The first-order valence-corrected chi connectivity index (χ1v) is 9.86. The highest BCUT2D eigenvalue weighted by Crippen LogP contribution is 2.25. The summed E-state index contributed by atoms with van der Waals surface area (Å²) in [5.74, 6) is -0.212. The van der Waals surface area contributed by atoms with Crippen molar-refractivity contribution >= 4 is 34.8 Å². The van der Waals surface area contributed by atoms with Crippen LogP contribution in [0.4, 0.5) is 11.4 Å². The normalized spacial score (nSPS) is 14.1. The molecule has 28 heavy (non-hydrogen) atoms. The first-order valence-electron chi connectivity index (χ1n) is 9.49. The third kappa shape index (κ3) is 4.65. The number of amides is 2. The van der Waals surface area contributed by atoms with Gasteiger partial charge in [-0.1, -0.05) is 29.8 Å². The molecular formula is C22H26ClN3O2. The molecule has 2 aromatic rings. The van der Waals surface area contributed by atoms with Gasteiger partial charge in [0.2, 0.25) is 11.8 Å². The quantitative estimate of drug-likeness (QED) is 0.788. The van der Waals surface area contributed by atoms with Crippen LogP contribution in [0, 0.1) is 13.8 Å². The lowest BCUT2D eigenvalue weighted by Gasteiger charge is -2.37. The molecule has 0 aromatic heterocycles. The van der Waals surface area contributed by atoms with Gasteiger partial charge in [-0.3, -0.25) is 9.59 Å². The van der Waals surface area contributed by atoms with Crippen LogP contribution in [0.25, 0.3) is 0 Å². The largest absolute Gasteiger partial charge is 0.368 e. The minimum atomic E-state index is -0.169. The number of aryl methyl sites for hydroxylation is 2. The lowest BCUT2D eigenvalue weighted by atomic mass is 10.1. The van der Waals surface area contributed by atoms with Gasteiger partial charge < -0.3 is 14.7 Å². The van der Waals surface area contributed by atoms with Crippen molar-refractivity contribution in [3.05, 3.63) is 58.6 Å². The molecule has 3 rings (SSSR count). The fourth-order valence-corrected chi connectivity index (χ4v) is 3.68. The average Bonchev–Trinajstić information content (AvgIpc) is 2.68. The summed E-state index contributed by atoms with van der Waals surface area (Å²) in [5.41, 5.74) is 4.01. The highest BCUT2D eigenvalue weighted by Gasteiger charge is 2.25. The van der Waals surface area contributed by atoms with Crippen LogP contribution in [0.5, 0.6) is 0 Å². The zero-order chi connectivity index (χ0) is 20.3. The number of carbonyl (C=O) groups is 2. The maximum Gasteiger partial charge on any atom is 0.242 e. The lowest BCUT2D eigenvalue weighted by Crippen LogP contribution is -2.52. The molecule has 1 aliphatic rings. The predicted molar refractivity (Wildman–Crippen MR) is 114 cm³/mol. The van der Waals surface area contributed by atoms with Crippen LogP contribution < -0.4 is 9.80 Å². The fourth-order valence-electron chi connectivity index (χ4n) is 3.51. The molecule has 0 spiro atoms. The highest BCUT2D eigenvalue weighted by molar-refractivity contribution is 6.31. The van der Waals surface area contributed by atoms with Crippen molar-refractivity contribution in [3.8, 4) is 0 Å². The van der Waals surface area contributed by atoms with Crippen LogP contribution in [-0.4, -0.2) is 49.4 Å². The van der Waals surface area contributed by atoms with Gasteiger partial charge in [-0.25, -0.2) is 0 Å². The topological polar surface area (TPSA) is 43.9 Å². The van der Waals surface area contributed by atoms with E-state index in [0.717, 1.165) is 18.7 Å². The van der Waals surface area contributed by atoms with E-state index in [1.807, 2.05) is 17.9 Å². The molecule has 0 aliphatic carbocycles. The van der Waals surface area contributed by atoms with E-state index in [-0.39, 0.29) is 18.4 Å². The molecule has 1 aliphatic heterocycles. The van der Waals surface area contributed by atoms with Crippen molar-refractivity contribution < 1.29 is 9.59 Å². The predicted octanol–water partition coefficient (Wildman–Crippen LogP) is 3.66. The van der Waals surface area contributed by atoms with Crippen molar-refractivity contribution in [2.24, 2.45) is 0 Å². The van der Waals surface area contributed by atoms with Crippen LogP contribution in [-0.2, 0) is 9.59 Å². The summed E-state index contributed by atoms with van der Waals surface area (Å²) in [6.07, 6.45) is 0. The number of anilines is 2. The van der Waals surface area contributed by atoms with Crippen molar-refractivity contribution in [1.82, 2.24) is 4.90 Å². The maximum atomic E-state index is 12.9. The molecule has 0 N–H and O–H groups in total. The molecule has 1 fully saturated rings. The highest BCUT2D eigenvalue weighted by atomic mass is 35.5. The van der Waals surface area contributed by atoms with E-state index in [9.17, 15) is 9.59 Å². The third-order valence-electron chi connectivity index (χ3n) is 5.13. The summed E-state index contributed by atoms with van der Waals surface area (Å²) in [5, 5.41) is 0.547. The summed E-state index contributed by atoms with van der Waals surface area (Å²) in [7, 11) is 0. The maximum absolute atomic E-state index is 12.9. The van der Waals surface area contributed by atoms with E-state index >= 15 is 0 Å².